The average Bonchev–Trinajstić information content (AvgIpc) is 2.29. The number of nitrogens with zero attached hydrogens (tertiary/aromatic N) is 2. The topological polar surface area (TPSA) is 37.8 Å². The second-order valence-electron chi connectivity index (χ2n) is 3.71. The Balaban J connectivity index is 2.30. The van der Waals surface area contributed by atoms with Gasteiger partial charge in [0.2, 0.25) is 5.95 Å². The lowest BCUT2D eigenvalue weighted by Crippen LogP contribution is -2.15. The van der Waals surface area contributed by atoms with Crippen LogP contribution in [0.2, 0.25) is 0 Å². The summed E-state index contributed by atoms with van der Waals surface area (Å²) in [6.45, 7) is 4.26. The quantitative estimate of drug-likeness (QED) is 0.829. The van der Waals surface area contributed by atoms with E-state index in [2.05, 4.69) is 29.1 Å². The lowest BCUT2D eigenvalue weighted by atomic mass is 10.2. The van der Waals surface area contributed by atoms with E-state index in [-0.39, 0.29) is 0 Å². The van der Waals surface area contributed by atoms with Crippen molar-refractivity contribution < 1.29 is 0 Å². The normalized spacial score (nSPS) is 12.7. The summed E-state index contributed by atoms with van der Waals surface area (Å²) in [6, 6.07) is 8.41. The van der Waals surface area contributed by atoms with Crippen molar-refractivity contribution in [2.75, 3.05) is 5.32 Å². The van der Waals surface area contributed by atoms with Crippen LogP contribution in [-0.4, -0.2) is 16.0 Å². The van der Waals surface area contributed by atoms with Crippen molar-refractivity contribution in [1.82, 2.24) is 9.97 Å². The summed E-state index contributed by atoms with van der Waals surface area (Å²) in [5.74, 6) is 0.711. The molecule has 0 amide bonds. The molecular weight excluding hydrogens is 186 g/mol. The zero-order valence-electron chi connectivity index (χ0n) is 9.07. The summed E-state index contributed by atoms with van der Waals surface area (Å²) in [7, 11) is 0. The number of rotatable bonds is 3. The Labute approximate surface area is 89.6 Å². The first-order valence-electron chi connectivity index (χ1n) is 5.28. The van der Waals surface area contributed by atoms with Crippen LogP contribution in [0.3, 0.4) is 0 Å². The minimum Gasteiger partial charge on any atom is -0.352 e. The Bertz CT molecular complexity index is 453. The monoisotopic (exact) mass is 201 g/mol. The molecule has 1 heterocycles. The van der Waals surface area contributed by atoms with Crippen LogP contribution in [0, 0.1) is 0 Å². The van der Waals surface area contributed by atoms with E-state index in [4.69, 9.17) is 0 Å². The summed E-state index contributed by atoms with van der Waals surface area (Å²) in [6.07, 6.45) is 2.92. The molecule has 1 N–H and O–H groups in total. The van der Waals surface area contributed by atoms with Crippen LogP contribution < -0.4 is 5.32 Å². The molecule has 0 bridgehead atoms. The molecule has 3 heteroatoms. The number of aromatic nitrogens is 2. The molecule has 2 rings (SSSR count). The van der Waals surface area contributed by atoms with Gasteiger partial charge in [0.1, 0.15) is 0 Å². The molecule has 0 fully saturated rings. The first-order chi connectivity index (χ1) is 7.29. The summed E-state index contributed by atoms with van der Waals surface area (Å²) in [5, 5.41) is 4.34. The standard InChI is InChI=1S/C12H15N3/c1-3-9(2)14-12-13-8-10-6-4-5-7-11(10)15-12/h4-9H,3H2,1-2H3,(H,13,14,15). The van der Waals surface area contributed by atoms with E-state index in [1.165, 1.54) is 0 Å². The maximum Gasteiger partial charge on any atom is 0.223 e. The predicted octanol–water partition coefficient (Wildman–Crippen LogP) is 2.84. The van der Waals surface area contributed by atoms with Crippen molar-refractivity contribution in [3.05, 3.63) is 30.5 Å². The van der Waals surface area contributed by atoms with Crippen LogP contribution in [-0.2, 0) is 0 Å². The van der Waals surface area contributed by atoms with E-state index in [0.717, 1.165) is 17.3 Å². The number of fused-ring (bicyclic) bond motifs is 1. The first kappa shape index (κ1) is 9.90. The Morgan fingerprint density at radius 2 is 2.13 bits per heavy atom. The van der Waals surface area contributed by atoms with Crippen LogP contribution in [0.5, 0.6) is 0 Å². The lowest BCUT2D eigenvalue weighted by Gasteiger charge is -2.10. The van der Waals surface area contributed by atoms with E-state index in [0.29, 0.717) is 12.0 Å². The Morgan fingerprint density at radius 1 is 1.33 bits per heavy atom. The molecule has 0 aliphatic heterocycles. The van der Waals surface area contributed by atoms with Crippen molar-refractivity contribution in [2.45, 2.75) is 26.3 Å². The molecule has 78 valence electrons. The average molecular weight is 201 g/mol. The van der Waals surface area contributed by atoms with Gasteiger partial charge >= 0.3 is 0 Å². The third kappa shape index (κ3) is 2.24. The van der Waals surface area contributed by atoms with Gasteiger partial charge in [-0.1, -0.05) is 25.1 Å². The molecule has 1 aromatic carbocycles. The van der Waals surface area contributed by atoms with Crippen molar-refractivity contribution in [2.24, 2.45) is 0 Å². The molecule has 1 unspecified atom stereocenters. The van der Waals surface area contributed by atoms with E-state index < -0.39 is 0 Å². The molecule has 3 nitrogen and oxygen atoms in total. The number of benzene rings is 1. The fourth-order valence-corrected chi connectivity index (χ4v) is 1.36. The van der Waals surface area contributed by atoms with Gasteiger partial charge < -0.3 is 5.32 Å². The third-order valence-corrected chi connectivity index (χ3v) is 2.48. The first-order valence-corrected chi connectivity index (χ1v) is 5.28. The third-order valence-electron chi connectivity index (χ3n) is 2.48. The highest BCUT2D eigenvalue weighted by Gasteiger charge is 2.02. The van der Waals surface area contributed by atoms with Gasteiger partial charge in [-0.25, -0.2) is 9.97 Å². The molecule has 2 aromatic rings. The van der Waals surface area contributed by atoms with Gasteiger partial charge in [0.05, 0.1) is 5.52 Å². The van der Waals surface area contributed by atoms with Gasteiger partial charge in [-0.2, -0.15) is 0 Å². The van der Waals surface area contributed by atoms with Crippen LogP contribution >= 0.6 is 0 Å². The Hall–Kier alpha value is -1.64. The molecule has 1 atom stereocenters. The summed E-state index contributed by atoms with van der Waals surface area (Å²) < 4.78 is 0. The fourth-order valence-electron chi connectivity index (χ4n) is 1.36. The maximum atomic E-state index is 4.44. The molecule has 1 aromatic heterocycles. The van der Waals surface area contributed by atoms with Crippen LogP contribution in [0.4, 0.5) is 5.95 Å². The van der Waals surface area contributed by atoms with Crippen molar-refractivity contribution in [3.8, 4) is 0 Å². The van der Waals surface area contributed by atoms with Gasteiger partial charge in [0, 0.05) is 17.6 Å². The number of anilines is 1. The molecule has 0 aliphatic rings. The van der Waals surface area contributed by atoms with Gasteiger partial charge in [-0.05, 0) is 19.4 Å². The van der Waals surface area contributed by atoms with Gasteiger partial charge in [0.25, 0.3) is 0 Å². The summed E-state index contributed by atoms with van der Waals surface area (Å²) >= 11 is 0. The second-order valence-corrected chi connectivity index (χ2v) is 3.71. The highest BCUT2D eigenvalue weighted by atomic mass is 15.1. The van der Waals surface area contributed by atoms with Crippen LogP contribution in [0.25, 0.3) is 10.9 Å². The van der Waals surface area contributed by atoms with E-state index in [1.54, 1.807) is 0 Å². The number of nitrogens with one attached hydrogen (secondary N) is 1. The van der Waals surface area contributed by atoms with E-state index in [1.807, 2.05) is 30.5 Å². The van der Waals surface area contributed by atoms with Gasteiger partial charge in [-0.3, -0.25) is 0 Å². The number of hydrogen-bond acceptors (Lipinski definition) is 3. The largest absolute Gasteiger partial charge is 0.352 e. The van der Waals surface area contributed by atoms with Crippen LogP contribution in [0.1, 0.15) is 20.3 Å². The van der Waals surface area contributed by atoms with Crippen molar-refractivity contribution in [3.63, 3.8) is 0 Å². The van der Waals surface area contributed by atoms with Gasteiger partial charge in [0.15, 0.2) is 0 Å². The van der Waals surface area contributed by atoms with E-state index in [9.17, 15) is 0 Å². The number of para-hydroxylation sites is 1. The maximum absolute atomic E-state index is 4.44. The Morgan fingerprint density at radius 3 is 2.93 bits per heavy atom. The summed E-state index contributed by atoms with van der Waals surface area (Å²) in [4.78, 5) is 8.71. The second kappa shape index (κ2) is 4.26. The molecule has 0 spiro atoms. The Kier molecular flexibility index (Phi) is 2.81. The molecular formula is C12H15N3. The molecule has 15 heavy (non-hydrogen) atoms. The smallest absolute Gasteiger partial charge is 0.223 e. The minimum atomic E-state index is 0.408. The highest BCUT2D eigenvalue weighted by Crippen LogP contribution is 2.12. The highest BCUT2D eigenvalue weighted by molar-refractivity contribution is 5.78. The lowest BCUT2D eigenvalue weighted by molar-refractivity contribution is 0.754. The zero-order chi connectivity index (χ0) is 10.7. The van der Waals surface area contributed by atoms with Crippen molar-refractivity contribution >= 4 is 16.9 Å². The predicted molar refractivity (Wildman–Crippen MR) is 62.9 cm³/mol. The summed E-state index contributed by atoms with van der Waals surface area (Å²) in [5.41, 5.74) is 0.985. The van der Waals surface area contributed by atoms with Gasteiger partial charge in [-0.15, -0.1) is 0 Å². The molecule has 0 radical (unpaired) electrons. The van der Waals surface area contributed by atoms with Crippen LogP contribution in [0.15, 0.2) is 30.5 Å². The minimum absolute atomic E-state index is 0.408. The molecule has 0 aliphatic carbocycles. The van der Waals surface area contributed by atoms with Crippen molar-refractivity contribution in [1.29, 1.82) is 0 Å². The van der Waals surface area contributed by atoms with E-state index >= 15 is 0 Å². The zero-order valence-corrected chi connectivity index (χ0v) is 9.07. The molecule has 0 saturated heterocycles. The fraction of sp³-hybridized carbons (Fsp3) is 0.333. The number of hydrogen-bond donors (Lipinski definition) is 1. The molecule has 0 saturated carbocycles. The SMILES string of the molecule is CCC(C)Nc1ncc2ccccc2n1.